The zero-order valence-electron chi connectivity index (χ0n) is 11.9. The number of hydrogen-bond acceptors (Lipinski definition) is 6. The molecule has 1 aromatic heterocycles. The number of carbonyl (C=O) groups excluding carboxylic acids is 1. The molecule has 8 nitrogen and oxygen atoms in total. The van der Waals surface area contributed by atoms with Gasteiger partial charge in [-0.3, -0.25) is 19.1 Å². The van der Waals surface area contributed by atoms with Gasteiger partial charge in [0.05, 0.1) is 19.3 Å². The van der Waals surface area contributed by atoms with Gasteiger partial charge in [0.2, 0.25) is 0 Å². The van der Waals surface area contributed by atoms with Gasteiger partial charge < -0.3 is 14.6 Å². The minimum absolute atomic E-state index is 0.129. The molecule has 1 saturated heterocycles. The third kappa shape index (κ3) is 3.40. The van der Waals surface area contributed by atoms with E-state index >= 15 is 0 Å². The van der Waals surface area contributed by atoms with Crippen LogP contribution in [-0.2, 0) is 14.3 Å². The van der Waals surface area contributed by atoms with Crippen LogP contribution in [0.1, 0.15) is 31.1 Å². The Morgan fingerprint density at radius 2 is 2.29 bits per heavy atom. The number of methoxy groups -OCH3 is 1. The lowest BCUT2D eigenvalue weighted by atomic mass is 10.1. The second kappa shape index (κ2) is 6.23. The Kier molecular flexibility index (Phi) is 4.59. The van der Waals surface area contributed by atoms with Crippen molar-refractivity contribution < 1.29 is 19.4 Å². The van der Waals surface area contributed by atoms with Gasteiger partial charge in [0.1, 0.15) is 6.23 Å². The van der Waals surface area contributed by atoms with E-state index in [0.29, 0.717) is 12.0 Å². The first kappa shape index (κ1) is 15.5. The van der Waals surface area contributed by atoms with Crippen LogP contribution in [0.4, 0.5) is 0 Å². The fraction of sp³-hybridized carbons (Fsp3) is 0.615. The molecule has 1 aliphatic heterocycles. The molecule has 1 fully saturated rings. The highest BCUT2D eigenvalue weighted by Crippen LogP contribution is 2.30. The van der Waals surface area contributed by atoms with Crippen molar-refractivity contribution in [2.45, 2.75) is 44.6 Å². The highest BCUT2D eigenvalue weighted by Gasteiger charge is 2.35. The van der Waals surface area contributed by atoms with E-state index in [1.807, 2.05) is 0 Å². The van der Waals surface area contributed by atoms with Gasteiger partial charge in [-0.2, -0.15) is 0 Å². The maximum atomic E-state index is 11.8. The second-order valence-electron chi connectivity index (χ2n) is 5.03. The SMILES string of the molecule is COC(=O)CC[C@H]1O[C@@H](n2cc(C)c(=O)[nH]c2=O)C[C@@H]1O. The second-order valence-corrected chi connectivity index (χ2v) is 5.03. The number of carbonyl (C=O) groups is 1. The third-order valence-electron chi connectivity index (χ3n) is 3.52. The predicted molar refractivity (Wildman–Crippen MR) is 71.8 cm³/mol. The maximum absolute atomic E-state index is 11.8. The number of aliphatic hydroxyl groups is 1. The van der Waals surface area contributed by atoms with Crippen LogP contribution in [0.3, 0.4) is 0 Å². The number of aromatic nitrogens is 2. The van der Waals surface area contributed by atoms with Crippen molar-refractivity contribution in [3.05, 3.63) is 32.6 Å². The van der Waals surface area contributed by atoms with Crippen LogP contribution >= 0.6 is 0 Å². The normalized spacial score (nSPS) is 25.0. The van der Waals surface area contributed by atoms with Crippen LogP contribution in [0.25, 0.3) is 0 Å². The van der Waals surface area contributed by atoms with Crippen molar-refractivity contribution >= 4 is 5.97 Å². The molecule has 1 aromatic rings. The Bertz CT molecular complexity index is 634. The number of esters is 1. The molecule has 2 rings (SSSR count). The zero-order valence-corrected chi connectivity index (χ0v) is 11.9. The Morgan fingerprint density at radius 3 is 2.95 bits per heavy atom. The molecule has 0 unspecified atom stereocenters. The Balaban J connectivity index is 2.10. The molecule has 0 aromatic carbocycles. The fourth-order valence-corrected chi connectivity index (χ4v) is 2.31. The topological polar surface area (TPSA) is 111 Å². The minimum atomic E-state index is -0.779. The number of ether oxygens (including phenoxy) is 2. The van der Waals surface area contributed by atoms with E-state index < -0.39 is 29.7 Å². The molecule has 0 amide bonds. The zero-order chi connectivity index (χ0) is 15.6. The number of rotatable bonds is 4. The average molecular weight is 298 g/mol. The first-order chi connectivity index (χ1) is 9.92. The number of hydrogen-bond donors (Lipinski definition) is 2. The van der Waals surface area contributed by atoms with Crippen molar-refractivity contribution in [1.29, 1.82) is 0 Å². The Labute approximate surface area is 120 Å². The molecular weight excluding hydrogens is 280 g/mol. The van der Waals surface area contributed by atoms with E-state index in [9.17, 15) is 19.5 Å². The molecule has 0 spiro atoms. The number of aromatic amines is 1. The van der Waals surface area contributed by atoms with Crippen molar-refractivity contribution in [2.75, 3.05) is 7.11 Å². The summed E-state index contributed by atoms with van der Waals surface area (Å²) in [5.41, 5.74) is -0.654. The first-order valence-corrected chi connectivity index (χ1v) is 6.64. The van der Waals surface area contributed by atoms with Crippen LogP contribution < -0.4 is 11.2 Å². The van der Waals surface area contributed by atoms with Crippen LogP contribution in [-0.4, -0.2) is 39.9 Å². The lowest BCUT2D eigenvalue weighted by Crippen LogP contribution is -2.33. The molecule has 0 saturated carbocycles. The highest BCUT2D eigenvalue weighted by atomic mass is 16.5. The summed E-state index contributed by atoms with van der Waals surface area (Å²) in [5, 5.41) is 9.96. The first-order valence-electron chi connectivity index (χ1n) is 6.64. The number of nitrogens with zero attached hydrogens (tertiary/aromatic N) is 1. The fourth-order valence-electron chi connectivity index (χ4n) is 2.31. The van der Waals surface area contributed by atoms with Crippen LogP contribution in [0.15, 0.2) is 15.8 Å². The lowest BCUT2D eigenvalue weighted by Gasteiger charge is -2.15. The number of H-pyrrole nitrogens is 1. The van der Waals surface area contributed by atoms with Crippen molar-refractivity contribution in [3.8, 4) is 0 Å². The maximum Gasteiger partial charge on any atom is 0.330 e. The van der Waals surface area contributed by atoms with Crippen molar-refractivity contribution in [2.24, 2.45) is 0 Å². The van der Waals surface area contributed by atoms with E-state index in [4.69, 9.17) is 4.74 Å². The molecule has 2 N–H and O–H groups in total. The summed E-state index contributed by atoms with van der Waals surface area (Å²) in [6.45, 7) is 1.58. The number of aryl methyl sites for hydroxylation is 1. The van der Waals surface area contributed by atoms with Gasteiger partial charge in [-0.15, -0.1) is 0 Å². The van der Waals surface area contributed by atoms with Gasteiger partial charge in [0, 0.05) is 24.6 Å². The molecule has 21 heavy (non-hydrogen) atoms. The summed E-state index contributed by atoms with van der Waals surface area (Å²) in [4.78, 5) is 36.4. The van der Waals surface area contributed by atoms with Crippen molar-refractivity contribution in [3.63, 3.8) is 0 Å². The summed E-state index contributed by atoms with van der Waals surface area (Å²) < 4.78 is 11.4. The number of nitrogens with one attached hydrogen (secondary N) is 1. The van der Waals surface area contributed by atoms with E-state index in [0.717, 1.165) is 0 Å². The molecular formula is C13H18N2O6. The quantitative estimate of drug-likeness (QED) is 0.721. The van der Waals surface area contributed by atoms with Crippen molar-refractivity contribution in [1.82, 2.24) is 9.55 Å². The summed E-state index contributed by atoms with van der Waals surface area (Å²) in [5.74, 6) is -0.383. The van der Waals surface area contributed by atoms with Gasteiger partial charge in [0.25, 0.3) is 5.56 Å². The summed E-state index contributed by atoms with van der Waals surface area (Å²) in [7, 11) is 1.29. The largest absolute Gasteiger partial charge is 0.469 e. The van der Waals surface area contributed by atoms with E-state index in [2.05, 4.69) is 9.72 Å². The predicted octanol–water partition coefficient (Wildman–Crippen LogP) is -0.553. The molecule has 2 heterocycles. The summed E-state index contributed by atoms with van der Waals surface area (Å²) in [6, 6.07) is 0. The van der Waals surface area contributed by atoms with E-state index in [1.165, 1.54) is 17.9 Å². The molecule has 0 aliphatic carbocycles. The third-order valence-corrected chi connectivity index (χ3v) is 3.52. The molecule has 3 atom stereocenters. The Hall–Kier alpha value is -1.93. The van der Waals surface area contributed by atoms with Crippen LogP contribution in [0, 0.1) is 6.92 Å². The molecule has 0 radical (unpaired) electrons. The highest BCUT2D eigenvalue weighted by molar-refractivity contribution is 5.69. The van der Waals surface area contributed by atoms with Gasteiger partial charge in [-0.05, 0) is 13.3 Å². The lowest BCUT2D eigenvalue weighted by molar-refractivity contribution is -0.141. The summed E-state index contributed by atoms with van der Waals surface area (Å²) >= 11 is 0. The van der Waals surface area contributed by atoms with Gasteiger partial charge in [0.15, 0.2) is 0 Å². The number of aliphatic hydroxyl groups excluding tert-OH is 1. The van der Waals surface area contributed by atoms with Crippen LogP contribution in [0.5, 0.6) is 0 Å². The Morgan fingerprint density at radius 1 is 1.57 bits per heavy atom. The molecule has 0 bridgehead atoms. The van der Waals surface area contributed by atoms with Gasteiger partial charge >= 0.3 is 11.7 Å². The van der Waals surface area contributed by atoms with E-state index in [-0.39, 0.29) is 18.8 Å². The van der Waals surface area contributed by atoms with Gasteiger partial charge in [-0.1, -0.05) is 0 Å². The monoisotopic (exact) mass is 298 g/mol. The minimum Gasteiger partial charge on any atom is -0.469 e. The van der Waals surface area contributed by atoms with E-state index in [1.54, 1.807) is 6.92 Å². The average Bonchev–Trinajstić information content (AvgIpc) is 2.81. The standard InChI is InChI=1S/C13H18N2O6/c1-7-6-15(13(19)14-12(7)18)10-5-8(16)9(21-10)3-4-11(17)20-2/h6,8-10,16H,3-5H2,1-2H3,(H,14,18,19)/t8-,9+,10+/m0/s1. The summed E-state index contributed by atoms with van der Waals surface area (Å²) in [6.07, 6.45) is 0.0717. The molecule has 1 aliphatic rings. The van der Waals surface area contributed by atoms with Crippen LogP contribution in [0.2, 0.25) is 0 Å². The smallest absolute Gasteiger partial charge is 0.330 e. The molecule has 116 valence electrons. The van der Waals surface area contributed by atoms with Gasteiger partial charge in [-0.25, -0.2) is 4.79 Å². The molecule has 8 heteroatoms.